The zero-order valence-corrected chi connectivity index (χ0v) is 25.4. The van der Waals surface area contributed by atoms with Gasteiger partial charge in [-0.05, 0) is 61.6 Å². The summed E-state index contributed by atoms with van der Waals surface area (Å²) in [6, 6.07) is 13.3. The Morgan fingerprint density at radius 2 is 1.76 bits per heavy atom. The molecule has 0 aliphatic carbocycles. The lowest BCUT2D eigenvalue weighted by Crippen LogP contribution is -2.49. The van der Waals surface area contributed by atoms with Gasteiger partial charge in [0, 0.05) is 31.9 Å². The molecular weight excluding hydrogens is 619 g/mol. The molecule has 4 rings (SSSR count). The predicted molar refractivity (Wildman–Crippen MR) is 165 cm³/mol. The summed E-state index contributed by atoms with van der Waals surface area (Å²) in [6.45, 7) is 2.15. The van der Waals surface area contributed by atoms with Gasteiger partial charge in [-0.2, -0.15) is 13.2 Å². The number of hydrogen-bond donors (Lipinski definition) is 6. The van der Waals surface area contributed by atoms with Crippen LogP contribution in [0.4, 0.5) is 33.3 Å². The third-order valence-corrected chi connectivity index (χ3v) is 9.35. The molecule has 0 bridgehead atoms. The third kappa shape index (κ3) is 8.85. The van der Waals surface area contributed by atoms with E-state index < -0.39 is 52.2 Å². The Bertz CT molecular complexity index is 1460. The van der Waals surface area contributed by atoms with Crippen LogP contribution in [-0.4, -0.2) is 57.7 Å². The van der Waals surface area contributed by atoms with Crippen molar-refractivity contribution in [3.8, 4) is 0 Å². The Morgan fingerprint density at radius 3 is 2.42 bits per heavy atom. The van der Waals surface area contributed by atoms with Crippen LogP contribution in [0.15, 0.2) is 60.7 Å². The van der Waals surface area contributed by atoms with E-state index in [0.717, 1.165) is 11.6 Å². The van der Waals surface area contributed by atoms with Crippen molar-refractivity contribution in [1.29, 1.82) is 0 Å². The summed E-state index contributed by atoms with van der Waals surface area (Å²) in [5.41, 5.74) is -0.619. The van der Waals surface area contributed by atoms with E-state index in [0.29, 0.717) is 31.1 Å². The Kier molecular flexibility index (Phi) is 11.3. The van der Waals surface area contributed by atoms with E-state index in [4.69, 9.17) is 0 Å². The molecule has 1 saturated heterocycles. The van der Waals surface area contributed by atoms with Crippen molar-refractivity contribution >= 4 is 28.1 Å². The van der Waals surface area contributed by atoms with E-state index in [1.54, 1.807) is 30.3 Å². The first-order valence-corrected chi connectivity index (χ1v) is 16.2. The average Bonchev–Trinajstić information content (AvgIpc) is 2.98. The van der Waals surface area contributed by atoms with E-state index >= 15 is 4.39 Å². The summed E-state index contributed by atoms with van der Waals surface area (Å²) in [4.78, 5) is 13.6. The normalized spacial score (nSPS) is 17.0. The zero-order valence-electron chi connectivity index (χ0n) is 24.6. The molecule has 45 heavy (non-hydrogen) atoms. The number of aliphatic hydroxyl groups is 1. The minimum atomic E-state index is -4.87. The van der Waals surface area contributed by atoms with Gasteiger partial charge in [0.25, 0.3) is 5.91 Å². The van der Waals surface area contributed by atoms with Gasteiger partial charge in [-0.3, -0.25) is 18.2 Å². The second kappa shape index (κ2) is 14.8. The lowest BCUT2D eigenvalue weighted by atomic mass is 10.00. The van der Waals surface area contributed by atoms with Gasteiger partial charge in [-0.15, -0.1) is 10.8 Å². The van der Waals surface area contributed by atoms with E-state index in [9.17, 15) is 36.6 Å². The van der Waals surface area contributed by atoms with Crippen molar-refractivity contribution in [1.82, 2.24) is 10.6 Å². The molecule has 0 aromatic heterocycles. The molecule has 8 nitrogen and oxygen atoms in total. The number of nitrogens with zero attached hydrogens (tertiary/aromatic N) is 1. The Morgan fingerprint density at radius 1 is 1.02 bits per heavy atom. The van der Waals surface area contributed by atoms with Crippen LogP contribution < -0.4 is 20.3 Å². The van der Waals surface area contributed by atoms with Crippen LogP contribution in [0.3, 0.4) is 0 Å². The molecule has 3 aromatic carbocycles. The lowest BCUT2D eigenvalue weighted by Gasteiger charge is -2.47. The largest absolute Gasteiger partial charge is 0.419 e. The maximum absolute atomic E-state index is 16.0. The van der Waals surface area contributed by atoms with Gasteiger partial charge in [0.05, 0.1) is 34.7 Å². The number of benzene rings is 3. The van der Waals surface area contributed by atoms with Crippen LogP contribution in [0.2, 0.25) is 0 Å². The monoisotopic (exact) mass is 656 g/mol. The zero-order chi connectivity index (χ0) is 32.8. The van der Waals surface area contributed by atoms with Crippen LogP contribution in [0.25, 0.3) is 0 Å². The van der Waals surface area contributed by atoms with E-state index in [-0.39, 0.29) is 48.6 Å². The lowest BCUT2D eigenvalue weighted by molar-refractivity contribution is -0.140. The molecule has 1 heterocycles. The van der Waals surface area contributed by atoms with Crippen LogP contribution >= 0.6 is 10.8 Å². The minimum Gasteiger partial charge on any atom is -0.390 e. The van der Waals surface area contributed by atoms with Crippen molar-refractivity contribution < 1.29 is 41.0 Å². The number of nitrogens with one attached hydrogen (secondary N) is 3. The van der Waals surface area contributed by atoms with Gasteiger partial charge < -0.3 is 21.1 Å². The molecule has 6 N–H and O–H groups in total. The van der Waals surface area contributed by atoms with Crippen LogP contribution in [0.1, 0.15) is 46.8 Å². The van der Waals surface area contributed by atoms with E-state index in [2.05, 4.69) is 16.0 Å². The highest BCUT2D eigenvalue weighted by atomic mass is 32.3. The van der Waals surface area contributed by atoms with Crippen molar-refractivity contribution in [2.75, 3.05) is 35.0 Å². The first-order valence-electron chi connectivity index (χ1n) is 14.5. The molecule has 1 fully saturated rings. The summed E-state index contributed by atoms with van der Waals surface area (Å²) >= 11 is 0. The van der Waals surface area contributed by atoms with Gasteiger partial charge in [0.2, 0.25) is 0 Å². The maximum Gasteiger partial charge on any atom is 0.419 e. The Hall–Kier alpha value is -3.43. The van der Waals surface area contributed by atoms with Crippen molar-refractivity contribution in [2.24, 2.45) is 0 Å². The summed E-state index contributed by atoms with van der Waals surface area (Å²) in [6.07, 6.45) is -4.83. The molecule has 1 aliphatic rings. The van der Waals surface area contributed by atoms with E-state index in [1.165, 1.54) is 22.5 Å². The fourth-order valence-electron chi connectivity index (χ4n) is 5.15. The maximum atomic E-state index is 16.0. The first kappa shape index (κ1) is 34.4. The molecule has 2 atom stereocenters. The standard InChI is InChI=1S/C31H37F5N4O4S/c1-2-38-22-16-23(29(33)27(17-22)40-12-6-7-13-45(40,43)44)30(42)39-26(15-20-8-4-3-5-9-20)28(41)19-37-18-21-10-11-25(32)24(14-21)31(34,35)36/h3-5,8-11,14,16-17,26,28,37-38,41,43-44H,2,6-7,12-13,15,18-19H2,1H3,(H,39,42)/t26-,28-/m0/s1. The van der Waals surface area contributed by atoms with Crippen LogP contribution in [-0.2, 0) is 19.1 Å². The number of alkyl halides is 3. The number of halogens is 5. The number of hydrogen-bond acceptors (Lipinski definition) is 7. The summed E-state index contributed by atoms with van der Waals surface area (Å²) < 4.78 is 91.5. The highest BCUT2D eigenvalue weighted by Gasteiger charge is 2.34. The summed E-state index contributed by atoms with van der Waals surface area (Å²) in [5, 5.41) is 19.7. The molecule has 0 radical (unpaired) electrons. The molecule has 3 aromatic rings. The fraction of sp³-hybridized carbons (Fsp3) is 0.387. The second-order valence-corrected chi connectivity index (χ2v) is 12.9. The number of carbonyl (C=O) groups is 1. The van der Waals surface area contributed by atoms with Crippen molar-refractivity contribution in [3.05, 3.63) is 94.6 Å². The summed E-state index contributed by atoms with van der Waals surface area (Å²) in [7, 11) is -3.29. The number of anilines is 2. The molecule has 0 unspecified atom stereocenters. The number of rotatable bonds is 12. The predicted octanol–water partition coefficient (Wildman–Crippen LogP) is 6.17. The topological polar surface area (TPSA) is 117 Å². The SMILES string of the molecule is CCNc1cc(C(=O)N[C@@H](Cc2ccccc2)[C@@H](O)CNCc2ccc(F)c(C(F)(F)F)c2)c(F)c(N2CCCCS2(O)O)c1. The van der Waals surface area contributed by atoms with Gasteiger partial charge in [0.1, 0.15) is 5.82 Å². The van der Waals surface area contributed by atoms with Gasteiger partial charge in [-0.1, -0.05) is 36.4 Å². The molecule has 14 heteroatoms. The van der Waals surface area contributed by atoms with Gasteiger partial charge in [0.15, 0.2) is 5.82 Å². The summed E-state index contributed by atoms with van der Waals surface area (Å²) in [5.74, 6) is -3.11. The Balaban J connectivity index is 1.56. The highest BCUT2D eigenvalue weighted by molar-refractivity contribution is 8.25. The molecule has 0 saturated carbocycles. The smallest absolute Gasteiger partial charge is 0.390 e. The number of aliphatic hydroxyl groups excluding tert-OH is 1. The third-order valence-electron chi connectivity index (χ3n) is 7.43. The van der Waals surface area contributed by atoms with Crippen molar-refractivity contribution in [2.45, 2.75) is 51.1 Å². The molecule has 0 spiro atoms. The van der Waals surface area contributed by atoms with Crippen molar-refractivity contribution in [3.63, 3.8) is 0 Å². The molecule has 1 aliphatic heterocycles. The number of amides is 1. The number of carbonyl (C=O) groups excluding carboxylic acids is 1. The van der Waals surface area contributed by atoms with Gasteiger partial charge >= 0.3 is 6.18 Å². The van der Waals surface area contributed by atoms with Crippen LogP contribution in [0, 0.1) is 11.6 Å². The van der Waals surface area contributed by atoms with Crippen LogP contribution in [0.5, 0.6) is 0 Å². The van der Waals surface area contributed by atoms with E-state index in [1.807, 2.05) is 6.92 Å². The minimum absolute atomic E-state index is 0.0766. The second-order valence-electron chi connectivity index (χ2n) is 10.8. The molecule has 1 amide bonds. The quantitative estimate of drug-likeness (QED) is 0.129. The van der Waals surface area contributed by atoms with Gasteiger partial charge in [-0.25, -0.2) is 8.78 Å². The molecular formula is C31H37F5N4O4S. The first-order chi connectivity index (χ1) is 21.3. The molecule has 246 valence electrons. The Labute approximate surface area is 260 Å². The highest BCUT2D eigenvalue weighted by Crippen LogP contribution is 2.51. The average molecular weight is 657 g/mol. The fourth-order valence-corrected chi connectivity index (χ4v) is 6.83.